The fourth-order valence-corrected chi connectivity index (χ4v) is 4.15. The normalized spacial score (nSPS) is 10.7. The summed E-state index contributed by atoms with van der Waals surface area (Å²) in [6.45, 7) is 2.51. The maximum Gasteiger partial charge on any atom is 0.305 e. The molecule has 0 aliphatic heterocycles. The molecule has 0 fully saturated rings. The molecule has 2 N–H and O–H groups in total. The summed E-state index contributed by atoms with van der Waals surface area (Å²) < 4.78 is 6.90. The topological polar surface area (TPSA) is 74.3 Å². The Morgan fingerprint density at radius 3 is 2.48 bits per heavy atom. The van der Waals surface area contributed by atoms with Crippen molar-refractivity contribution in [1.29, 1.82) is 0 Å². The van der Waals surface area contributed by atoms with Crippen LogP contribution in [0.25, 0.3) is 10.4 Å². The maximum atomic E-state index is 12.3. The van der Waals surface area contributed by atoms with Crippen molar-refractivity contribution in [3.8, 4) is 10.4 Å². The molecule has 3 aromatic rings. The highest BCUT2D eigenvalue weighted by atomic mass is 32.1. The Labute approximate surface area is 162 Å². The average molecular weight is 382 g/mol. The Morgan fingerprint density at radius 2 is 1.89 bits per heavy atom. The van der Waals surface area contributed by atoms with E-state index >= 15 is 0 Å². The summed E-state index contributed by atoms with van der Waals surface area (Å²) in [4.78, 5) is 25.0. The Morgan fingerprint density at radius 1 is 1.15 bits per heavy atom. The van der Waals surface area contributed by atoms with Gasteiger partial charge in [0.15, 0.2) is 0 Å². The molecule has 0 saturated carbocycles. The van der Waals surface area contributed by atoms with E-state index in [1.807, 2.05) is 54.8 Å². The lowest BCUT2D eigenvalue weighted by Gasteiger charge is -2.13. The molecule has 0 aliphatic rings. The number of methoxy groups -OCH3 is 1. The summed E-state index contributed by atoms with van der Waals surface area (Å²) in [5.74, 6) is -0.736. The van der Waals surface area contributed by atoms with Gasteiger partial charge in [-0.25, -0.2) is 0 Å². The van der Waals surface area contributed by atoms with Gasteiger partial charge in [0.05, 0.1) is 19.1 Å². The van der Waals surface area contributed by atoms with Crippen molar-refractivity contribution >= 4 is 23.2 Å². The quantitative estimate of drug-likeness (QED) is 0.632. The van der Waals surface area contributed by atoms with Crippen LogP contribution in [0.1, 0.15) is 33.7 Å². The van der Waals surface area contributed by atoms with Gasteiger partial charge in [0.25, 0.3) is 5.91 Å². The van der Waals surface area contributed by atoms with Gasteiger partial charge in [-0.15, -0.1) is 11.3 Å². The average Bonchev–Trinajstić information content (AvgIpc) is 3.28. The highest BCUT2D eigenvalue weighted by Gasteiger charge is 2.25. The molecule has 0 radical (unpaired) electrons. The van der Waals surface area contributed by atoms with Crippen LogP contribution in [0, 0.1) is 6.92 Å². The van der Waals surface area contributed by atoms with Crippen molar-refractivity contribution in [3.05, 3.63) is 70.4 Å². The van der Waals surface area contributed by atoms with Crippen LogP contribution in [-0.2, 0) is 22.5 Å². The maximum absolute atomic E-state index is 12.3. The van der Waals surface area contributed by atoms with Crippen LogP contribution in [0.5, 0.6) is 0 Å². The van der Waals surface area contributed by atoms with Gasteiger partial charge in [-0.2, -0.15) is 0 Å². The van der Waals surface area contributed by atoms with Gasteiger partial charge < -0.3 is 15.0 Å². The van der Waals surface area contributed by atoms with Crippen LogP contribution in [0.4, 0.5) is 0 Å². The van der Waals surface area contributed by atoms with Crippen LogP contribution >= 0.6 is 11.3 Å². The van der Waals surface area contributed by atoms with Crippen LogP contribution < -0.4 is 5.73 Å². The molecule has 0 unspecified atom stereocenters. The number of thiophene rings is 1. The number of hydrogen-bond donors (Lipinski definition) is 1. The minimum atomic E-state index is -0.456. The number of nitrogens with two attached hydrogens (primary N) is 1. The molecule has 0 bridgehead atoms. The molecule has 6 heteroatoms. The molecular weight excluding hydrogens is 360 g/mol. The highest BCUT2D eigenvalue weighted by Crippen LogP contribution is 2.36. The standard InChI is InChI=1S/C21H22N2O3S/c1-14-19(21(22)25)20(17-9-6-12-27-17)16(10-11-18(24)26-2)23(14)13-15-7-4-3-5-8-15/h3-9,12H,10-11,13H2,1-2H3,(H2,22,25). The number of aromatic nitrogens is 1. The monoisotopic (exact) mass is 382 g/mol. The third-order valence-electron chi connectivity index (χ3n) is 4.62. The number of carbonyl (C=O) groups is 2. The Kier molecular flexibility index (Phi) is 5.76. The van der Waals surface area contributed by atoms with Gasteiger partial charge in [0.2, 0.25) is 0 Å². The van der Waals surface area contributed by atoms with Crippen molar-refractivity contribution in [3.63, 3.8) is 0 Å². The van der Waals surface area contributed by atoms with E-state index in [1.54, 1.807) is 11.3 Å². The van der Waals surface area contributed by atoms with Crippen LogP contribution in [0.15, 0.2) is 47.8 Å². The van der Waals surface area contributed by atoms with Crippen LogP contribution in [0.2, 0.25) is 0 Å². The molecule has 0 saturated heterocycles. The number of nitrogens with zero attached hydrogens (tertiary/aromatic N) is 1. The molecule has 0 spiro atoms. The molecule has 27 heavy (non-hydrogen) atoms. The number of rotatable bonds is 7. The Bertz CT molecular complexity index is 944. The molecule has 140 valence electrons. The highest BCUT2D eigenvalue weighted by molar-refractivity contribution is 7.13. The first-order valence-corrected chi connectivity index (χ1v) is 9.57. The second-order valence-corrected chi connectivity index (χ2v) is 7.22. The van der Waals surface area contributed by atoms with E-state index in [0.717, 1.165) is 27.4 Å². The zero-order valence-electron chi connectivity index (χ0n) is 15.4. The van der Waals surface area contributed by atoms with E-state index in [-0.39, 0.29) is 12.4 Å². The van der Waals surface area contributed by atoms with Crippen molar-refractivity contribution < 1.29 is 14.3 Å². The molecule has 5 nitrogen and oxygen atoms in total. The summed E-state index contributed by atoms with van der Waals surface area (Å²) in [7, 11) is 1.38. The first kappa shape index (κ1) is 18.9. The van der Waals surface area contributed by atoms with E-state index < -0.39 is 5.91 Å². The number of ether oxygens (including phenoxy) is 1. The largest absolute Gasteiger partial charge is 0.469 e. The Hall–Kier alpha value is -2.86. The Balaban J connectivity index is 2.16. The number of esters is 1. The summed E-state index contributed by atoms with van der Waals surface area (Å²) in [6.07, 6.45) is 0.714. The molecule has 1 aromatic carbocycles. The first-order chi connectivity index (χ1) is 13.0. The van der Waals surface area contributed by atoms with Gasteiger partial charge in [0, 0.05) is 28.4 Å². The molecule has 2 aromatic heterocycles. The van der Waals surface area contributed by atoms with Gasteiger partial charge in [-0.3, -0.25) is 9.59 Å². The SMILES string of the molecule is COC(=O)CCc1c(-c2cccs2)c(C(N)=O)c(C)n1Cc1ccccc1. The van der Waals surface area contributed by atoms with E-state index in [2.05, 4.69) is 4.57 Å². The van der Waals surface area contributed by atoms with Crippen molar-refractivity contribution in [2.24, 2.45) is 5.73 Å². The number of amides is 1. The van der Waals surface area contributed by atoms with Gasteiger partial charge >= 0.3 is 5.97 Å². The molecule has 1 amide bonds. The second-order valence-electron chi connectivity index (χ2n) is 6.27. The van der Waals surface area contributed by atoms with Crippen LogP contribution in [0.3, 0.4) is 0 Å². The summed E-state index contributed by atoms with van der Waals surface area (Å²) in [6, 6.07) is 13.9. The summed E-state index contributed by atoms with van der Waals surface area (Å²) in [5.41, 5.74) is 9.95. The fraction of sp³-hybridized carbons (Fsp3) is 0.238. The molecule has 3 rings (SSSR count). The van der Waals surface area contributed by atoms with Gasteiger partial charge in [-0.1, -0.05) is 36.4 Å². The van der Waals surface area contributed by atoms with E-state index in [0.29, 0.717) is 18.5 Å². The predicted molar refractivity (Wildman–Crippen MR) is 107 cm³/mol. The molecule has 2 heterocycles. The molecule has 0 atom stereocenters. The second kappa shape index (κ2) is 8.22. The lowest BCUT2D eigenvalue weighted by atomic mass is 10.0. The minimum absolute atomic E-state index is 0.241. The smallest absolute Gasteiger partial charge is 0.305 e. The summed E-state index contributed by atoms with van der Waals surface area (Å²) >= 11 is 1.55. The number of carbonyl (C=O) groups excluding carboxylic acids is 2. The third kappa shape index (κ3) is 3.95. The molecular formula is C21H22N2O3S. The van der Waals surface area contributed by atoms with Gasteiger partial charge in [0.1, 0.15) is 0 Å². The minimum Gasteiger partial charge on any atom is -0.469 e. The lowest BCUT2D eigenvalue weighted by molar-refractivity contribution is -0.140. The van der Waals surface area contributed by atoms with Gasteiger partial charge in [-0.05, 0) is 30.4 Å². The van der Waals surface area contributed by atoms with Crippen molar-refractivity contribution in [2.45, 2.75) is 26.3 Å². The fourth-order valence-electron chi connectivity index (χ4n) is 3.35. The number of hydrogen-bond acceptors (Lipinski definition) is 4. The molecule has 0 aliphatic carbocycles. The number of benzene rings is 1. The third-order valence-corrected chi connectivity index (χ3v) is 5.51. The predicted octanol–water partition coefficient (Wildman–Crippen LogP) is 3.78. The zero-order valence-corrected chi connectivity index (χ0v) is 16.2. The van der Waals surface area contributed by atoms with E-state index in [1.165, 1.54) is 7.11 Å². The summed E-state index contributed by atoms with van der Waals surface area (Å²) in [5, 5.41) is 1.97. The first-order valence-electron chi connectivity index (χ1n) is 8.69. The zero-order chi connectivity index (χ0) is 19.4. The lowest BCUT2D eigenvalue weighted by Crippen LogP contribution is -2.13. The van der Waals surface area contributed by atoms with E-state index in [9.17, 15) is 9.59 Å². The van der Waals surface area contributed by atoms with E-state index in [4.69, 9.17) is 10.5 Å². The van der Waals surface area contributed by atoms with Crippen molar-refractivity contribution in [2.75, 3.05) is 7.11 Å². The van der Waals surface area contributed by atoms with Crippen molar-refractivity contribution in [1.82, 2.24) is 4.57 Å². The number of primary amides is 1. The van der Waals surface area contributed by atoms with Crippen LogP contribution in [-0.4, -0.2) is 23.6 Å².